The summed E-state index contributed by atoms with van der Waals surface area (Å²) in [4.78, 5) is 27.4. The Morgan fingerprint density at radius 3 is 2.69 bits per heavy atom. The predicted octanol–water partition coefficient (Wildman–Crippen LogP) is 6.11. The zero-order valence-electron chi connectivity index (χ0n) is 25.6. The van der Waals surface area contributed by atoms with Crippen LogP contribution in [0.1, 0.15) is 81.5 Å². The number of aromatic nitrogens is 2. The van der Waals surface area contributed by atoms with Crippen molar-refractivity contribution in [1.29, 1.82) is 0 Å². The Hall–Kier alpha value is -3.03. The van der Waals surface area contributed by atoms with Gasteiger partial charge in [-0.25, -0.2) is 9.97 Å². The van der Waals surface area contributed by atoms with Gasteiger partial charge in [0, 0.05) is 55.1 Å². The van der Waals surface area contributed by atoms with Crippen LogP contribution in [-0.4, -0.2) is 72.4 Å². The first kappa shape index (κ1) is 29.1. The number of fused-ring (bicyclic) bond motifs is 1. The van der Waals surface area contributed by atoms with E-state index in [0.29, 0.717) is 18.3 Å². The van der Waals surface area contributed by atoms with E-state index in [1.54, 1.807) is 0 Å². The number of morpholine rings is 1. The summed E-state index contributed by atoms with van der Waals surface area (Å²) in [6.45, 7) is 12.2. The number of likely N-dealkylation sites (tertiary alicyclic amines) is 1. The van der Waals surface area contributed by atoms with Crippen LogP contribution in [0.2, 0.25) is 0 Å². The molecule has 0 amide bonds. The fourth-order valence-corrected chi connectivity index (χ4v) is 6.53. The van der Waals surface area contributed by atoms with Crippen LogP contribution in [0.25, 0.3) is 11.0 Å². The van der Waals surface area contributed by atoms with Gasteiger partial charge in [-0.1, -0.05) is 6.07 Å². The standard InChI is InChI=1S/C35H46N4O3/c1-35(2,3)42-33(40)22-30(29-19-28(26-7-8-26)20-32(21-29)39-15-17-41-18-16-39)24-38-14-12-25(23-38)6-10-31-11-9-27-5-4-13-36-34(27)37-31/h4-5,9,11,13,19-21,25-26,30H,6-8,10,12,14-18,22-24H2,1-3H3/t25-,30-/m1/s1. The SMILES string of the molecule is CC(C)(C)OC(=O)C[C@H](CN1CC[C@@H](CCc2ccc3cccnc3n2)C1)c1cc(C2CC2)cc(N2CCOCC2)c1. The third-order valence-corrected chi connectivity index (χ3v) is 8.87. The molecule has 0 unspecified atom stereocenters. The third-order valence-electron chi connectivity index (χ3n) is 8.87. The number of aryl methyl sites for hydroxylation is 1. The van der Waals surface area contributed by atoms with Gasteiger partial charge in [0.05, 0.1) is 19.6 Å². The Balaban J connectivity index is 1.16. The number of rotatable bonds is 10. The molecule has 6 rings (SSSR count). The maximum Gasteiger partial charge on any atom is 0.306 e. The molecule has 0 N–H and O–H groups in total. The molecule has 7 nitrogen and oxygen atoms in total. The van der Waals surface area contributed by atoms with E-state index in [0.717, 1.165) is 75.5 Å². The van der Waals surface area contributed by atoms with Crippen molar-refractivity contribution in [2.75, 3.05) is 50.8 Å². The van der Waals surface area contributed by atoms with Crippen molar-refractivity contribution in [2.24, 2.45) is 5.92 Å². The van der Waals surface area contributed by atoms with Gasteiger partial charge in [0.25, 0.3) is 0 Å². The van der Waals surface area contributed by atoms with Crippen LogP contribution in [0.4, 0.5) is 5.69 Å². The first-order valence-electron chi connectivity index (χ1n) is 15.9. The Morgan fingerprint density at radius 2 is 1.90 bits per heavy atom. The number of ether oxygens (including phenoxy) is 2. The van der Waals surface area contributed by atoms with Gasteiger partial charge in [0.15, 0.2) is 5.65 Å². The van der Waals surface area contributed by atoms with E-state index in [1.165, 1.54) is 36.1 Å². The molecule has 1 saturated carbocycles. The lowest BCUT2D eigenvalue weighted by Crippen LogP contribution is -2.36. The quantitative estimate of drug-likeness (QED) is 0.272. The van der Waals surface area contributed by atoms with Crippen LogP contribution in [0.15, 0.2) is 48.7 Å². The number of hydrogen-bond donors (Lipinski definition) is 0. The van der Waals surface area contributed by atoms with Gasteiger partial charge in [0.1, 0.15) is 5.60 Å². The second-order valence-corrected chi connectivity index (χ2v) is 13.5. The van der Waals surface area contributed by atoms with E-state index in [-0.39, 0.29) is 11.9 Å². The number of carbonyl (C=O) groups is 1. The highest BCUT2D eigenvalue weighted by Crippen LogP contribution is 2.43. The Bertz CT molecular complexity index is 1380. The summed E-state index contributed by atoms with van der Waals surface area (Å²) in [5.74, 6) is 1.28. The molecule has 42 heavy (non-hydrogen) atoms. The van der Waals surface area contributed by atoms with E-state index < -0.39 is 5.60 Å². The maximum absolute atomic E-state index is 13.2. The smallest absolute Gasteiger partial charge is 0.306 e. The molecule has 7 heteroatoms. The largest absolute Gasteiger partial charge is 0.460 e. The molecular weight excluding hydrogens is 524 g/mol. The summed E-state index contributed by atoms with van der Waals surface area (Å²) in [5, 5.41) is 1.09. The lowest BCUT2D eigenvalue weighted by Gasteiger charge is -2.31. The van der Waals surface area contributed by atoms with Crippen molar-refractivity contribution in [1.82, 2.24) is 14.9 Å². The predicted molar refractivity (Wildman–Crippen MR) is 167 cm³/mol. The second kappa shape index (κ2) is 12.7. The molecule has 2 aromatic heterocycles. The minimum Gasteiger partial charge on any atom is -0.460 e. The molecule has 2 aliphatic heterocycles. The number of esters is 1. The average molecular weight is 571 g/mol. The monoisotopic (exact) mass is 570 g/mol. The lowest BCUT2D eigenvalue weighted by molar-refractivity contribution is -0.155. The molecule has 3 aliphatic rings. The van der Waals surface area contributed by atoms with Crippen LogP contribution in [0.5, 0.6) is 0 Å². The number of anilines is 1. The van der Waals surface area contributed by atoms with Gasteiger partial charge in [-0.05, 0) is 119 Å². The van der Waals surface area contributed by atoms with E-state index in [1.807, 2.05) is 33.0 Å². The fourth-order valence-electron chi connectivity index (χ4n) is 6.53. The minimum atomic E-state index is -0.485. The normalized spacial score (nSPS) is 20.6. The van der Waals surface area contributed by atoms with Gasteiger partial charge in [-0.3, -0.25) is 4.79 Å². The molecule has 224 valence electrons. The third kappa shape index (κ3) is 7.67. The Kier molecular flexibility index (Phi) is 8.77. The zero-order valence-corrected chi connectivity index (χ0v) is 25.6. The van der Waals surface area contributed by atoms with Crippen molar-refractivity contribution in [3.05, 3.63) is 65.5 Å². The van der Waals surface area contributed by atoms with Crippen LogP contribution < -0.4 is 4.90 Å². The molecule has 3 fully saturated rings. The first-order chi connectivity index (χ1) is 20.3. The minimum absolute atomic E-state index is 0.102. The van der Waals surface area contributed by atoms with Crippen LogP contribution >= 0.6 is 0 Å². The molecule has 1 aromatic carbocycles. The van der Waals surface area contributed by atoms with E-state index in [2.05, 4.69) is 51.2 Å². The Labute approximate surface area is 250 Å². The number of carbonyl (C=O) groups excluding carboxylic acids is 1. The van der Waals surface area contributed by atoms with Crippen LogP contribution in [0, 0.1) is 5.92 Å². The van der Waals surface area contributed by atoms with Crippen molar-refractivity contribution in [2.45, 2.75) is 76.7 Å². The summed E-state index contributed by atoms with van der Waals surface area (Å²) in [6, 6.07) is 15.4. The lowest BCUT2D eigenvalue weighted by atomic mass is 9.91. The number of hydrogen-bond acceptors (Lipinski definition) is 7. The van der Waals surface area contributed by atoms with Gasteiger partial charge < -0.3 is 19.3 Å². The van der Waals surface area contributed by atoms with Crippen molar-refractivity contribution in [3.63, 3.8) is 0 Å². The summed E-state index contributed by atoms with van der Waals surface area (Å²) >= 11 is 0. The number of pyridine rings is 2. The van der Waals surface area contributed by atoms with Crippen molar-refractivity contribution >= 4 is 22.7 Å². The highest BCUT2D eigenvalue weighted by Gasteiger charge is 2.31. The topological polar surface area (TPSA) is 67.8 Å². The second-order valence-electron chi connectivity index (χ2n) is 13.5. The van der Waals surface area contributed by atoms with Crippen LogP contribution in [0.3, 0.4) is 0 Å². The van der Waals surface area contributed by atoms with Gasteiger partial charge >= 0.3 is 5.97 Å². The first-order valence-corrected chi connectivity index (χ1v) is 15.9. The number of benzene rings is 1. The van der Waals surface area contributed by atoms with E-state index in [9.17, 15) is 4.79 Å². The molecule has 4 heterocycles. The van der Waals surface area contributed by atoms with Crippen LogP contribution in [-0.2, 0) is 20.7 Å². The van der Waals surface area contributed by atoms with Crippen molar-refractivity contribution in [3.8, 4) is 0 Å². The molecular formula is C35H46N4O3. The highest BCUT2D eigenvalue weighted by atomic mass is 16.6. The van der Waals surface area contributed by atoms with Crippen molar-refractivity contribution < 1.29 is 14.3 Å². The molecule has 2 atom stereocenters. The van der Waals surface area contributed by atoms with E-state index in [4.69, 9.17) is 14.5 Å². The van der Waals surface area contributed by atoms with E-state index >= 15 is 0 Å². The highest BCUT2D eigenvalue weighted by molar-refractivity contribution is 5.74. The van der Waals surface area contributed by atoms with Gasteiger partial charge in [-0.15, -0.1) is 0 Å². The molecule has 3 aromatic rings. The fraction of sp³-hybridized carbons (Fsp3) is 0.571. The molecule has 0 radical (unpaired) electrons. The van der Waals surface area contributed by atoms with Gasteiger partial charge in [0.2, 0.25) is 0 Å². The molecule has 0 spiro atoms. The molecule has 0 bridgehead atoms. The average Bonchev–Trinajstić information content (AvgIpc) is 3.74. The Morgan fingerprint density at radius 1 is 1.07 bits per heavy atom. The number of nitrogens with zero attached hydrogens (tertiary/aromatic N) is 4. The summed E-state index contributed by atoms with van der Waals surface area (Å²) in [7, 11) is 0. The summed E-state index contributed by atoms with van der Waals surface area (Å²) < 4.78 is 11.5. The molecule has 2 saturated heterocycles. The summed E-state index contributed by atoms with van der Waals surface area (Å²) in [5.41, 5.74) is 5.46. The molecule has 1 aliphatic carbocycles. The maximum atomic E-state index is 13.2. The van der Waals surface area contributed by atoms with Gasteiger partial charge in [-0.2, -0.15) is 0 Å². The zero-order chi connectivity index (χ0) is 29.1. The summed E-state index contributed by atoms with van der Waals surface area (Å²) in [6.07, 6.45) is 8.02.